The summed E-state index contributed by atoms with van der Waals surface area (Å²) in [4.78, 5) is 0. The van der Waals surface area contributed by atoms with E-state index in [1.165, 1.54) is 11.1 Å². The van der Waals surface area contributed by atoms with E-state index in [1.807, 2.05) is 24.3 Å². The van der Waals surface area contributed by atoms with Gasteiger partial charge in [0.15, 0.2) is 0 Å². The second kappa shape index (κ2) is 7.51. The lowest BCUT2D eigenvalue weighted by atomic mass is 9.95. The molecule has 1 nitrogen and oxygen atoms in total. The normalized spacial score (nSPS) is 12.4. The molecule has 0 radical (unpaired) electrons. The molecule has 21 heavy (non-hydrogen) atoms. The van der Waals surface area contributed by atoms with Gasteiger partial charge in [-0.05, 0) is 60.8 Å². The van der Waals surface area contributed by atoms with Crippen molar-refractivity contribution in [3.8, 4) is 0 Å². The molecule has 0 aliphatic carbocycles. The maximum atomic E-state index is 6.29. The van der Waals surface area contributed by atoms with E-state index < -0.39 is 0 Å². The first kappa shape index (κ1) is 16.6. The van der Waals surface area contributed by atoms with Crippen LogP contribution in [0.25, 0.3) is 0 Å². The third kappa shape index (κ3) is 4.37. The lowest BCUT2D eigenvalue weighted by Gasteiger charge is -2.21. The molecule has 1 N–H and O–H groups in total. The molecule has 1 unspecified atom stereocenters. The number of rotatable bonds is 5. The summed E-state index contributed by atoms with van der Waals surface area (Å²) >= 11 is 18.3. The maximum absolute atomic E-state index is 6.29. The Balaban J connectivity index is 2.30. The number of nitrogens with one attached hydrogen (secondary N) is 1. The minimum absolute atomic E-state index is 0.200. The Hall–Kier alpha value is -0.730. The van der Waals surface area contributed by atoms with Gasteiger partial charge >= 0.3 is 0 Å². The van der Waals surface area contributed by atoms with Crippen molar-refractivity contribution in [1.29, 1.82) is 0 Å². The summed E-state index contributed by atoms with van der Waals surface area (Å²) in [6.07, 6.45) is 0.812. The molecular formula is C17H18Cl3N. The molecule has 0 saturated carbocycles. The summed E-state index contributed by atoms with van der Waals surface area (Å²) in [5, 5.41) is 5.64. The standard InChI is InChI=1S/C17H18Cl3N/c1-3-21-17(15-7-6-13(18)8-11(15)2)9-12-4-5-14(19)10-16(12)20/h4-8,10,17,21H,3,9H2,1-2H3. The van der Waals surface area contributed by atoms with Gasteiger partial charge in [-0.25, -0.2) is 0 Å². The van der Waals surface area contributed by atoms with Gasteiger partial charge < -0.3 is 5.32 Å². The summed E-state index contributed by atoms with van der Waals surface area (Å²) < 4.78 is 0. The topological polar surface area (TPSA) is 12.0 Å². The quantitative estimate of drug-likeness (QED) is 0.719. The summed E-state index contributed by atoms with van der Waals surface area (Å²) in [6.45, 7) is 5.06. The molecule has 1 atom stereocenters. The van der Waals surface area contributed by atoms with Crippen molar-refractivity contribution in [3.05, 3.63) is 68.2 Å². The van der Waals surface area contributed by atoms with Gasteiger partial charge in [-0.3, -0.25) is 0 Å². The zero-order valence-corrected chi connectivity index (χ0v) is 14.4. The lowest BCUT2D eigenvalue weighted by Crippen LogP contribution is -2.23. The number of likely N-dealkylation sites (N-methyl/N-ethyl adjacent to an activating group) is 1. The van der Waals surface area contributed by atoms with E-state index in [0.717, 1.165) is 23.6 Å². The summed E-state index contributed by atoms with van der Waals surface area (Å²) in [7, 11) is 0. The van der Waals surface area contributed by atoms with E-state index in [-0.39, 0.29) is 6.04 Å². The molecule has 0 fully saturated rings. The minimum Gasteiger partial charge on any atom is -0.310 e. The van der Waals surface area contributed by atoms with Gasteiger partial charge in [-0.15, -0.1) is 0 Å². The summed E-state index contributed by atoms with van der Waals surface area (Å²) in [5.74, 6) is 0. The van der Waals surface area contributed by atoms with Crippen LogP contribution < -0.4 is 5.32 Å². The van der Waals surface area contributed by atoms with E-state index in [2.05, 4.69) is 25.2 Å². The first-order valence-electron chi connectivity index (χ1n) is 6.94. The molecule has 0 spiro atoms. The zero-order chi connectivity index (χ0) is 15.4. The maximum Gasteiger partial charge on any atom is 0.0453 e. The van der Waals surface area contributed by atoms with E-state index in [9.17, 15) is 0 Å². The Morgan fingerprint density at radius 2 is 1.67 bits per heavy atom. The van der Waals surface area contributed by atoms with Crippen molar-refractivity contribution >= 4 is 34.8 Å². The Bertz CT molecular complexity index is 625. The van der Waals surface area contributed by atoms with Crippen molar-refractivity contribution in [1.82, 2.24) is 5.32 Å². The number of aryl methyl sites for hydroxylation is 1. The third-order valence-electron chi connectivity index (χ3n) is 3.50. The van der Waals surface area contributed by atoms with Gasteiger partial charge in [0, 0.05) is 21.1 Å². The Morgan fingerprint density at radius 1 is 1.00 bits per heavy atom. The Kier molecular flexibility index (Phi) is 5.95. The molecule has 4 heteroatoms. The van der Waals surface area contributed by atoms with Crippen LogP contribution in [-0.2, 0) is 6.42 Å². The average molecular weight is 343 g/mol. The molecule has 0 heterocycles. The minimum atomic E-state index is 0.200. The van der Waals surface area contributed by atoms with Gasteiger partial charge in [-0.1, -0.05) is 53.9 Å². The van der Waals surface area contributed by atoms with Crippen LogP contribution in [0.2, 0.25) is 15.1 Å². The number of halogens is 3. The third-order valence-corrected chi connectivity index (χ3v) is 4.32. The summed E-state index contributed by atoms with van der Waals surface area (Å²) in [5.41, 5.74) is 3.51. The fourth-order valence-corrected chi connectivity index (χ4v) is 3.19. The largest absolute Gasteiger partial charge is 0.310 e. The highest BCUT2D eigenvalue weighted by atomic mass is 35.5. The lowest BCUT2D eigenvalue weighted by molar-refractivity contribution is 0.547. The molecule has 2 rings (SSSR count). The van der Waals surface area contributed by atoms with Crippen LogP contribution in [-0.4, -0.2) is 6.54 Å². The van der Waals surface area contributed by atoms with Gasteiger partial charge in [0.25, 0.3) is 0 Å². The second-order valence-corrected chi connectivity index (χ2v) is 6.33. The van der Waals surface area contributed by atoms with Gasteiger partial charge in [-0.2, -0.15) is 0 Å². The fraction of sp³-hybridized carbons (Fsp3) is 0.294. The Labute approximate surface area is 141 Å². The van der Waals surface area contributed by atoms with Crippen molar-refractivity contribution in [3.63, 3.8) is 0 Å². The van der Waals surface area contributed by atoms with E-state index >= 15 is 0 Å². The molecule has 0 aliphatic heterocycles. The van der Waals surface area contributed by atoms with Crippen LogP contribution in [0, 0.1) is 6.92 Å². The van der Waals surface area contributed by atoms with E-state index in [4.69, 9.17) is 34.8 Å². The first-order chi connectivity index (χ1) is 10.0. The molecule has 0 bridgehead atoms. The molecular weight excluding hydrogens is 325 g/mol. The van der Waals surface area contributed by atoms with Crippen molar-refractivity contribution in [2.75, 3.05) is 6.54 Å². The second-order valence-electron chi connectivity index (χ2n) is 5.05. The molecule has 0 saturated heterocycles. The number of hydrogen-bond acceptors (Lipinski definition) is 1. The van der Waals surface area contributed by atoms with Crippen LogP contribution in [0.3, 0.4) is 0 Å². The molecule has 2 aromatic rings. The highest BCUT2D eigenvalue weighted by Crippen LogP contribution is 2.28. The van der Waals surface area contributed by atoms with E-state index in [1.54, 1.807) is 6.07 Å². The number of hydrogen-bond donors (Lipinski definition) is 1. The molecule has 0 aliphatic rings. The first-order valence-corrected chi connectivity index (χ1v) is 8.08. The molecule has 112 valence electrons. The van der Waals surface area contributed by atoms with Gasteiger partial charge in [0.1, 0.15) is 0 Å². The highest BCUT2D eigenvalue weighted by Gasteiger charge is 2.15. The molecule has 0 aromatic heterocycles. The SMILES string of the molecule is CCNC(Cc1ccc(Cl)cc1Cl)c1ccc(Cl)cc1C. The predicted molar refractivity (Wildman–Crippen MR) is 92.8 cm³/mol. The van der Waals surface area contributed by atoms with Gasteiger partial charge in [0.2, 0.25) is 0 Å². The predicted octanol–water partition coefficient (Wildman–Crippen LogP) is 5.85. The average Bonchev–Trinajstić information content (AvgIpc) is 2.41. The fourth-order valence-electron chi connectivity index (χ4n) is 2.48. The van der Waals surface area contributed by atoms with Crippen LogP contribution in [0.4, 0.5) is 0 Å². The Morgan fingerprint density at radius 3 is 2.29 bits per heavy atom. The summed E-state index contributed by atoms with van der Waals surface area (Å²) in [6, 6.07) is 11.8. The van der Waals surface area contributed by atoms with Crippen LogP contribution in [0.1, 0.15) is 29.7 Å². The molecule has 0 amide bonds. The monoisotopic (exact) mass is 341 g/mol. The van der Waals surface area contributed by atoms with Crippen molar-refractivity contribution in [2.24, 2.45) is 0 Å². The van der Waals surface area contributed by atoms with Crippen molar-refractivity contribution < 1.29 is 0 Å². The smallest absolute Gasteiger partial charge is 0.0453 e. The number of benzene rings is 2. The van der Waals surface area contributed by atoms with E-state index in [0.29, 0.717) is 10.0 Å². The van der Waals surface area contributed by atoms with Crippen LogP contribution >= 0.6 is 34.8 Å². The zero-order valence-electron chi connectivity index (χ0n) is 12.1. The highest BCUT2D eigenvalue weighted by molar-refractivity contribution is 6.35. The van der Waals surface area contributed by atoms with Gasteiger partial charge in [0.05, 0.1) is 0 Å². The van der Waals surface area contributed by atoms with Crippen LogP contribution in [0.5, 0.6) is 0 Å². The van der Waals surface area contributed by atoms with Crippen molar-refractivity contribution in [2.45, 2.75) is 26.3 Å². The molecule has 2 aromatic carbocycles. The van der Waals surface area contributed by atoms with Crippen LogP contribution in [0.15, 0.2) is 36.4 Å².